The maximum absolute atomic E-state index is 12.0. The number of hydrogen-bond acceptors (Lipinski definition) is 7. The minimum absolute atomic E-state index is 0.0745. The van der Waals surface area contributed by atoms with Gasteiger partial charge in [-0.15, -0.1) is 0 Å². The summed E-state index contributed by atoms with van der Waals surface area (Å²) < 4.78 is 28.0. The van der Waals surface area contributed by atoms with Gasteiger partial charge in [0.2, 0.25) is 10.0 Å². The van der Waals surface area contributed by atoms with Crippen molar-refractivity contribution in [3.63, 3.8) is 0 Å². The molecule has 0 aliphatic heterocycles. The van der Waals surface area contributed by atoms with Crippen LogP contribution in [-0.4, -0.2) is 34.7 Å². The van der Waals surface area contributed by atoms with Gasteiger partial charge >= 0.3 is 0 Å². The quantitative estimate of drug-likeness (QED) is 0.461. The van der Waals surface area contributed by atoms with Crippen LogP contribution < -0.4 is 16.0 Å². The van der Waals surface area contributed by atoms with Crippen LogP contribution >= 0.6 is 0 Å². The molecule has 0 bridgehead atoms. The van der Waals surface area contributed by atoms with Gasteiger partial charge in [0.1, 0.15) is 17.0 Å². The summed E-state index contributed by atoms with van der Waals surface area (Å²) in [4.78, 5) is 7.94. The molecule has 0 aliphatic carbocycles. The molecule has 0 amide bonds. The molecule has 0 fully saturated rings. The first-order valence-corrected chi connectivity index (χ1v) is 7.26. The van der Waals surface area contributed by atoms with Crippen molar-refractivity contribution in [2.24, 2.45) is 12.9 Å². The number of nitrogen functional groups attached to an aromatic ring is 1. The number of nitrogens with zero attached hydrogens (tertiary/aromatic N) is 4. The van der Waals surface area contributed by atoms with Crippen LogP contribution in [0.2, 0.25) is 0 Å². The molecule has 0 unspecified atom stereocenters. The van der Waals surface area contributed by atoms with Gasteiger partial charge in [-0.1, -0.05) is 0 Å². The van der Waals surface area contributed by atoms with E-state index in [9.17, 15) is 8.42 Å². The second kappa shape index (κ2) is 5.94. The number of hydrogen-bond donors (Lipinski definition) is 3. The number of aromatic nitrogens is 4. The van der Waals surface area contributed by atoms with Gasteiger partial charge in [-0.25, -0.2) is 29.0 Å². The summed E-state index contributed by atoms with van der Waals surface area (Å²) in [6, 6.07) is 2.90. The third-order valence-corrected chi connectivity index (χ3v) is 3.93. The highest BCUT2D eigenvalue weighted by molar-refractivity contribution is 7.89. The second-order valence-electron chi connectivity index (χ2n) is 4.01. The highest BCUT2D eigenvalue weighted by Crippen LogP contribution is 2.09. The number of anilines is 1. The van der Waals surface area contributed by atoms with Gasteiger partial charge in [0.25, 0.3) is 0 Å². The molecule has 0 atom stereocenters. The molecule has 2 aromatic heterocycles. The van der Waals surface area contributed by atoms with Crippen LogP contribution in [0.15, 0.2) is 29.6 Å². The van der Waals surface area contributed by atoms with E-state index in [1.165, 1.54) is 18.3 Å². The lowest BCUT2D eigenvalue weighted by Crippen LogP contribution is -2.26. The number of nitrogens with one attached hydrogen (secondary N) is 2. The molecule has 0 spiro atoms. The van der Waals surface area contributed by atoms with E-state index in [2.05, 4.69) is 25.2 Å². The summed E-state index contributed by atoms with van der Waals surface area (Å²) in [6.07, 6.45) is 3.21. The Morgan fingerprint density at radius 2 is 2.15 bits per heavy atom. The first kappa shape index (κ1) is 14.4. The molecule has 108 valence electrons. The minimum atomic E-state index is -3.59. The standard InChI is InChI=1S/C10H15N7O2S/c1-17-7-13-10(16-17)4-5-14-20(18,19)8-2-3-9(15-11)12-6-8/h2-3,6-7,14H,4-5,11H2,1H3,(H,12,15). The molecule has 2 rings (SSSR count). The average molecular weight is 297 g/mol. The summed E-state index contributed by atoms with van der Waals surface area (Å²) in [7, 11) is -1.84. The highest BCUT2D eigenvalue weighted by Gasteiger charge is 2.14. The molecular weight excluding hydrogens is 282 g/mol. The Morgan fingerprint density at radius 3 is 2.70 bits per heavy atom. The van der Waals surface area contributed by atoms with Crippen LogP contribution in [0.1, 0.15) is 5.82 Å². The first-order chi connectivity index (χ1) is 9.51. The summed E-state index contributed by atoms with van der Waals surface area (Å²) in [5.74, 6) is 6.13. The van der Waals surface area contributed by atoms with Gasteiger partial charge < -0.3 is 5.43 Å². The van der Waals surface area contributed by atoms with E-state index in [1.54, 1.807) is 18.1 Å². The van der Waals surface area contributed by atoms with Crippen molar-refractivity contribution in [1.82, 2.24) is 24.5 Å². The maximum Gasteiger partial charge on any atom is 0.242 e. The van der Waals surface area contributed by atoms with Crippen LogP contribution in [0.5, 0.6) is 0 Å². The number of nitrogens with two attached hydrogens (primary N) is 1. The Balaban J connectivity index is 1.96. The van der Waals surface area contributed by atoms with Crippen molar-refractivity contribution in [2.45, 2.75) is 11.3 Å². The third kappa shape index (κ3) is 3.50. The van der Waals surface area contributed by atoms with Crippen molar-refractivity contribution in [3.8, 4) is 0 Å². The lowest BCUT2D eigenvalue weighted by atomic mass is 10.4. The molecule has 0 radical (unpaired) electrons. The molecular formula is C10H15N7O2S. The summed E-state index contributed by atoms with van der Waals surface area (Å²) in [5, 5.41) is 4.06. The van der Waals surface area contributed by atoms with Gasteiger partial charge in [0, 0.05) is 26.2 Å². The molecule has 10 heteroatoms. The molecule has 2 aromatic rings. The normalized spacial score (nSPS) is 11.5. The second-order valence-corrected chi connectivity index (χ2v) is 5.77. The van der Waals surface area contributed by atoms with E-state index in [1.807, 2.05) is 0 Å². The molecule has 0 saturated heterocycles. The lowest BCUT2D eigenvalue weighted by Gasteiger charge is -2.06. The third-order valence-electron chi connectivity index (χ3n) is 2.48. The van der Waals surface area contributed by atoms with Crippen LogP contribution in [-0.2, 0) is 23.5 Å². The van der Waals surface area contributed by atoms with Crippen LogP contribution in [0, 0.1) is 0 Å². The summed E-state index contributed by atoms with van der Waals surface area (Å²) in [5.41, 5.74) is 2.33. The van der Waals surface area contributed by atoms with Crippen molar-refractivity contribution >= 4 is 15.8 Å². The summed E-state index contributed by atoms with van der Waals surface area (Å²) >= 11 is 0. The number of pyridine rings is 1. The van der Waals surface area contributed by atoms with Gasteiger partial charge in [0.15, 0.2) is 5.82 Å². The predicted molar refractivity (Wildman–Crippen MR) is 71.9 cm³/mol. The summed E-state index contributed by atoms with van der Waals surface area (Å²) in [6.45, 7) is 0.212. The van der Waals surface area contributed by atoms with Crippen molar-refractivity contribution < 1.29 is 8.42 Å². The number of sulfonamides is 1. The fourth-order valence-electron chi connectivity index (χ4n) is 1.50. The van der Waals surface area contributed by atoms with Gasteiger partial charge in [-0.3, -0.25) is 4.68 Å². The van der Waals surface area contributed by atoms with Crippen LogP contribution in [0.3, 0.4) is 0 Å². The molecule has 2 heterocycles. The smallest absolute Gasteiger partial charge is 0.242 e. The van der Waals surface area contributed by atoms with E-state index in [-0.39, 0.29) is 11.4 Å². The highest BCUT2D eigenvalue weighted by atomic mass is 32.2. The van der Waals surface area contributed by atoms with E-state index < -0.39 is 10.0 Å². The lowest BCUT2D eigenvalue weighted by molar-refractivity contribution is 0.580. The Morgan fingerprint density at radius 1 is 1.35 bits per heavy atom. The van der Waals surface area contributed by atoms with Crippen LogP contribution in [0.4, 0.5) is 5.82 Å². The Kier molecular flexibility index (Phi) is 4.27. The first-order valence-electron chi connectivity index (χ1n) is 5.78. The molecule has 4 N–H and O–H groups in total. The Labute approximate surface area is 116 Å². The zero-order valence-electron chi connectivity index (χ0n) is 10.8. The monoisotopic (exact) mass is 297 g/mol. The van der Waals surface area contributed by atoms with E-state index in [0.717, 1.165) is 0 Å². The topological polar surface area (TPSA) is 128 Å². The molecule has 20 heavy (non-hydrogen) atoms. The SMILES string of the molecule is Cn1cnc(CCNS(=O)(=O)c2ccc(NN)nc2)n1. The van der Waals surface area contributed by atoms with Crippen molar-refractivity contribution in [3.05, 3.63) is 30.5 Å². The Hall–Kier alpha value is -2.04. The average Bonchev–Trinajstić information content (AvgIpc) is 2.84. The van der Waals surface area contributed by atoms with Gasteiger partial charge in [-0.05, 0) is 12.1 Å². The maximum atomic E-state index is 12.0. The van der Waals surface area contributed by atoms with E-state index in [0.29, 0.717) is 18.1 Å². The van der Waals surface area contributed by atoms with Gasteiger partial charge in [-0.2, -0.15) is 5.10 Å². The molecule has 0 aliphatic rings. The zero-order chi connectivity index (χ0) is 14.6. The van der Waals surface area contributed by atoms with Gasteiger partial charge in [0.05, 0.1) is 0 Å². The number of hydrazine groups is 1. The van der Waals surface area contributed by atoms with Crippen LogP contribution in [0.25, 0.3) is 0 Å². The minimum Gasteiger partial charge on any atom is -0.308 e. The predicted octanol–water partition coefficient (Wildman–Crippen LogP) is -0.983. The van der Waals surface area contributed by atoms with E-state index in [4.69, 9.17) is 5.84 Å². The largest absolute Gasteiger partial charge is 0.308 e. The van der Waals surface area contributed by atoms with Crippen molar-refractivity contribution in [2.75, 3.05) is 12.0 Å². The molecule has 0 saturated carbocycles. The van der Waals surface area contributed by atoms with Crippen molar-refractivity contribution in [1.29, 1.82) is 0 Å². The van der Waals surface area contributed by atoms with E-state index >= 15 is 0 Å². The fourth-order valence-corrected chi connectivity index (χ4v) is 2.48. The fraction of sp³-hybridized carbons (Fsp3) is 0.300. The molecule has 9 nitrogen and oxygen atoms in total. The number of aryl methyl sites for hydroxylation is 1. The number of rotatable bonds is 6. The molecule has 0 aromatic carbocycles. The Bertz CT molecular complexity index is 665. The zero-order valence-corrected chi connectivity index (χ0v) is 11.6.